The van der Waals surface area contributed by atoms with Crippen molar-refractivity contribution in [2.45, 2.75) is 129 Å². The quantitative estimate of drug-likeness (QED) is 0.160. The van der Waals surface area contributed by atoms with Gasteiger partial charge in [0, 0.05) is 6.42 Å². The van der Waals surface area contributed by atoms with Crippen molar-refractivity contribution >= 4 is 5.97 Å². The molecule has 0 heterocycles. The van der Waals surface area contributed by atoms with Crippen molar-refractivity contribution in [1.82, 2.24) is 0 Å². The lowest BCUT2D eigenvalue weighted by Gasteiger charge is -2.02. The van der Waals surface area contributed by atoms with Crippen LogP contribution < -0.4 is 0 Å². The molecular weight excluding hydrogens is 332 g/mol. The van der Waals surface area contributed by atoms with Gasteiger partial charge in [-0.05, 0) is 38.5 Å². The van der Waals surface area contributed by atoms with Crippen LogP contribution in [0.25, 0.3) is 0 Å². The first kappa shape index (κ1) is 26.0. The van der Waals surface area contributed by atoms with E-state index >= 15 is 0 Å². The maximum Gasteiger partial charge on any atom is 0.303 e. The van der Waals surface area contributed by atoms with Gasteiger partial charge in [0.05, 0.1) is 0 Å². The summed E-state index contributed by atoms with van der Waals surface area (Å²) in [6, 6.07) is 0. The van der Waals surface area contributed by atoms with E-state index in [1.165, 1.54) is 96.3 Å². The van der Waals surface area contributed by atoms with Crippen LogP contribution in [-0.2, 0) is 4.79 Å². The molecule has 0 unspecified atom stereocenters. The Balaban J connectivity index is 3.12. The summed E-state index contributed by atoms with van der Waals surface area (Å²) in [5.74, 6) is -0.656. The van der Waals surface area contributed by atoms with Crippen LogP contribution in [0, 0.1) is 0 Å². The lowest BCUT2D eigenvalue weighted by molar-refractivity contribution is -0.137. The Morgan fingerprint density at radius 2 is 1.00 bits per heavy atom. The average molecular weight is 379 g/mol. The summed E-state index contributed by atoms with van der Waals surface area (Å²) in [6.45, 7) is 2.25. The molecule has 158 valence electrons. The van der Waals surface area contributed by atoms with E-state index in [4.69, 9.17) is 5.11 Å². The van der Waals surface area contributed by atoms with E-state index in [0.29, 0.717) is 6.42 Å². The second kappa shape index (κ2) is 23.0. The minimum absolute atomic E-state index is 0.339. The molecule has 0 amide bonds. The minimum atomic E-state index is -0.656. The molecule has 0 spiro atoms. The SMILES string of the molecule is CCCCCC=CCC=CCCCCCCCCCCCCCCC(=O)O. The van der Waals surface area contributed by atoms with Crippen molar-refractivity contribution in [3.8, 4) is 0 Å². The summed E-state index contributed by atoms with van der Waals surface area (Å²) in [6.07, 6.45) is 32.6. The Morgan fingerprint density at radius 3 is 1.44 bits per heavy atom. The third-order valence-corrected chi connectivity index (χ3v) is 5.09. The topological polar surface area (TPSA) is 37.3 Å². The van der Waals surface area contributed by atoms with E-state index < -0.39 is 5.97 Å². The first-order chi connectivity index (χ1) is 13.3. The van der Waals surface area contributed by atoms with E-state index in [-0.39, 0.29) is 0 Å². The average Bonchev–Trinajstić information content (AvgIpc) is 2.65. The molecular formula is C25H46O2. The summed E-state index contributed by atoms with van der Waals surface area (Å²) in [4.78, 5) is 10.4. The Morgan fingerprint density at radius 1 is 0.593 bits per heavy atom. The molecule has 0 aromatic carbocycles. The molecule has 2 nitrogen and oxygen atoms in total. The monoisotopic (exact) mass is 378 g/mol. The first-order valence-corrected chi connectivity index (χ1v) is 11.8. The minimum Gasteiger partial charge on any atom is -0.481 e. The molecule has 0 saturated heterocycles. The number of carboxylic acid groups (broad SMARTS) is 1. The summed E-state index contributed by atoms with van der Waals surface area (Å²) in [5.41, 5.74) is 0. The van der Waals surface area contributed by atoms with E-state index in [0.717, 1.165) is 19.3 Å². The second-order valence-electron chi connectivity index (χ2n) is 7.85. The normalized spacial score (nSPS) is 11.7. The van der Waals surface area contributed by atoms with Gasteiger partial charge in [-0.15, -0.1) is 0 Å². The van der Waals surface area contributed by atoms with Crippen molar-refractivity contribution in [2.24, 2.45) is 0 Å². The Labute approximate surface area is 169 Å². The molecule has 0 rings (SSSR count). The van der Waals surface area contributed by atoms with Crippen LogP contribution >= 0.6 is 0 Å². The molecule has 0 aromatic rings. The number of aliphatic carboxylic acids is 1. The van der Waals surface area contributed by atoms with Crippen molar-refractivity contribution < 1.29 is 9.90 Å². The summed E-state index contributed by atoms with van der Waals surface area (Å²) < 4.78 is 0. The Hall–Kier alpha value is -1.05. The summed E-state index contributed by atoms with van der Waals surface area (Å²) in [7, 11) is 0. The zero-order valence-corrected chi connectivity index (χ0v) is 18.1. The fourth-order valence-corrected chi connectivity index (χ4v) is 3.33. The van der Waals surface area contributed by atoms with Gasteiger partial charge in [0.15, 0.2) is 0 Å². The molecule has 0 aliphatic heterocycles. The van der Waals surface area contributed by atoms with Crippen molar-refractivity contribution in [2.75, 3.05) is 0 Å². The lowest BCUT2D eigenvalue weighted by atomic mass is 10.0. The van der Waals surface area contributed by atoms with Crippen LogP contribution in [0.2, 0.25) is 0 Å². The van der Waals surface area contributed by atoms with Gasteiger partial charge in [0.1, 0.15) is 0 Å². The molecule has 27 heavy (non-hydrogen) atoms. The molecule has 0 aliphatic rings. The number of hydrogen-bond acceptors (Lipinski definition) is 1. The molecule has 2 heteroatoms. The van der Waals surface area contributed by atoms with Crippen LogP contribution in [0.3, 0.4) is 0 Å². The molecule has 0 bridgehead atoms. The predicted octanol–water partition coefficient (Wildman–Crippen LogP) is 8.62. The van der Waals surface area contributed by atoms with Gasteiger partial charge in [0.2, 0.25) is 0 Å². The highest BCUT2D eigenvalue weighted by molar-refractivity contribution is 5.66. The number of carboxylic acids is 1. The zero-order chi connectivity index (χ0) is 19.8. The van der Waals surface area contributed by atoms with E-state index in [1.807, 2.05) is 0 Å². The van der Waals surface area contributed by atoms with Crippen LogP contribution in [-0.4, -0.2) is 11.1 Å². The number of rotatable bonds is 21. The molecule has 0 saturated carbocycles. The molecule has 0 atom stereocenters. The van der Waals surface area contributed by atoms with Crippen LogP contribution in [0.4, 0.5) is 0 Å². The van der Waals surface area contributed by atoms with Gasteiger partial charge < -0.3 is 5.11 Å². The second-order valence-corrected chi connectivity index (χ2v) is 7.85. The number of unbranched alkanes of at least 4 members (excludes halogenated alkanes) is 15. The number of carbonyl (C=O) groups is 1. The van der Waals surface area contributed by atoms with E-state index in [2.05, 4.69) is 31.2 Å². The predicted molar refractivity (Wildman–Crippen MR) is 119 cm³/mol. The number of hydrogen-bond donors (Lipinski definition) is 1. The largest absolute Gasteiger partial charge is 0.481 e. The number of allylic oxidation sites excluding steroid dienone is 4. The van der Waals surface area contributed by atoms with Gasteiger partial charge in [-0.3, -0.25) is 4.79 Å². The Bertz CT molecular complexity index is 357. The third-order valence-electron chi connectivity index (χ3n) is 5.09. The molecule has 0 radical (unpaired) electrons. The van der Waals surface area contributed by atoms with Crippen molar-refractivity contribution in [1.29, 1.82) is 0 Å². The fraction of sp³-hybridized carbons (Fsp3) is 0.800. The first-order valence-electron chi connectivity index (χ1n) is 11.8. The summed E-state index contributed by atoms with van der Waals surface area (Å²) in [5, 5.41) is 8.57. The highest BCUT2D eigenvalue weighted by Crippen LogP contribution is 2.13. The van der Waals surface area contributed by atoms with Gasteiger partial charge in [-0.25, -0.2) is 0 Å². The smallest absolute Gasteiger partial charge is 0.303 e. The highest BCUT2D eigenvalue weighted by Gasteiger charge is 1.97. The Kier molecular flexibility index (Phi) is 22.1. The van der Waals surface area contributed by atoms with Crippen LogP contribution in [0.15, 0.2) is 24.3 Å². The third kappa shape index (κ3) is 24.9. The molecule has 0 fully saturated rings. The van der Waals surface area contributed by atoms with Crippen molar-refractivity contribution in [3.63, 3.8) is 0 Å². The molecule has 0 aromatic heterocycles. The zero-order valence-electron chi connectivity index (χ0n) is 18.1. The fourth-order valence-electron chi connectivity index (χ4n) is 3.33. The molecule has 0 aliphatic carbocycles. The maximum atomic E-state index is 10.4. The maximum absolute atomic E-state index is 10.4. The van der Waals surface area contributed by atoms with Crippen LogP contribution in [0.1, 0.15) is 129 Å². The lowest BCUT2D eigenvalue weighted by Crippen LogP contribution is -1.93. The van der Waals surface area contributed by atoms with Gasteiger partial charge in [-0.2, -0.15) is 0 Å². The van der Waals surface area contributed by atoms with E-state index in [9.17, 15) is 4.79 Å². The van der Waals surface area contributed by atoms with E-state index in [1.54, 1.807) is 0 Å². The standard InChI is InChI=1S/C25H46O2/c1-2-3-4-5-6-7-8-9-10-11-12-13-14-15-16-17-18-19-20-21-22-23-24-25(26)27/h6-7,9-10H,2-5,8,11-24H2,1H3,(H,26,27). The van der Waals surface area contributed by atoms with Crippen LogP contribution in [0.5, 0.6) is 0 Å². The van der Waals surface area contributed by atoms with Gasteiger partial charge in [0.25, 0.3) is 0 Å². The van der Waals surface area contributed by atoms with Gasteiger partial charge >= 0.3 is 5.97 Å². The van der Waals surface area contributed by atoms with Crippen molar-refractivity contribution in [3.05, 3.63) is 24.3 Å². The van der Waals surface area contributed by atoms with Gasteiger partial charge in [-0.1, -0.05) is 108 Å². The molecule has 1 N–H and O–H groups in total. The highest BCUT2D eigenvalue weighted by atomic mass is 16.4. The summed E-state index contributed by atoms with van der Waals surface area (Å²) >= 11 is 0.